The summed E-state index contributed by atoms with van der Waals surface area (Å²) >= 11 is 0. The van der Waals surface area contributed by atoms with Crippen LogP contribution in [0.4, 0.5) is 11.4 Å². The Hall–Kier alpha value is -2.36. The Morgan fingerprint density at radius 1 is 0.864 bits per heavy atom. The molecule has 4 nitrogen and oxygen atoms in total. The predicted octanol–water partition coefficient (Wildman–Crippen LogP) is 3.84. The first-order valence-electron chi connectivity index (χ1n) is 7.41. The average molecular weight is 300 g/mol. The van der Waals surface area contributed by atoms with E-state index in [1.165, 1.54) is 16.8 Å². The molecule has 2 N–H and O–H groups in total. The fourth-order valence-electron chi connectivity index (χ4n) is 2.43. The first-order valence-corrected chi connectivity index (χ1v) is 7.41. The van der Waals surface area contributed by atoms with E-state index in [2.05, 4.69) is 42.7 Å². The lowest BCUT2D eigenvalue weighted by atomic mass is 10.1. The van der Waals surface area contributed by atoms with Gasteiger partial charge in [0, 0.05) is 24.8 Å². The lowest BCUT2D eigenvalue weighted by molar-refractivity contribution is 0.404. The van der Waals surface area contributed by atoms with E-state index in [1.54, 1.807) is 14.2 Å². The number of rotatable bonds is 7. The standard InChI is InChI=1S/C18H24N2O2/c1-13-6-5-7-14(2)18(13)20-11-10-19-16-12-15(21-3)8-9-17(16)22-4/h5-9,12,19-20H,10-11H2,1-4H3. The largest absolute Gasteiger partial charge is 0.497 e. The van der Waals surface area contributed by atoms with Crippen LogP contribution in [0.25, 0.3) is 0 Å². The molecule has 2 rings (SSSR count). The molecule has 0 fully saturated rings. The molecule has 0 aromatic heterocycles. The van der Waals surface area contributed by atoms with Crippen LogP contribution < -0.4 is 20.1 Å². The highest BCUT2D eigenvalue weighted by Gasteiger charge is 2.05. The second-order valence-corrected chi connectivity index (χ2v) is 5.19. The molecule has 0 amide bonds. The molecule has 0 saturated carbocycles. The second-order valence-electron chi connectivity index (χ2n) is 5.19. The Morgan fingerprint density at radius 3 is 2.18 bits per heavy atom. The molecule has 118 valence electrons. The number of ether oxygens (including phenoxy) is 2. The lowest BCUT2D eigenvalue weighted by Gasteiger charge is -2.15. The van der Waals surface area contributed by atoms with E-state index < -0.39 is 0 Å². The van der Waals surface area contributed by atoms with E-state index in [1.807, 2.05) is 18.2 Å². The van der Waals surface area contributed by atoms with Gasteiger partial charge in [-0.2, -0.15) is 0 Å². The van der Waals surface area contributed by atoms with Crippen LogP contribution in [0.3, 0.4) is 0 Å². The summed E-state index contributed by atoms with van der Waals surface area (Å²) < 4.78 is 10.6. The number of anilines is 2. The summed E-state index contributed by atoms with van der Waals surface area (Å²) in [5, 5.41) is 6.86. The Bertz CT molecular complexity index is 606. The molecular weight excluding hydrogens is 276 g/mol. The highest BCUT2D eigenvalue weighted by Crippen LogP contribution is 2.28. The highest BCUT2D eigenvalue weighted by atomic mass is 16.5. The number of hydrogen-bond donors (Lipinski definition) is 2. The molecule has 0 atom stereocenters. The van der Waals surface area contributed by atoms with Crippen LogP contribution >= 0.6 is 0 Å². The van der Waals surface area contributed by atoms with E-state index in [0.29, 0.717) is 0 Å². The zero-order valence-electron chi connectivity index (χ0n) is 13.7. The minimum absolute atomic E-state index is 0.789. The summed E-state index contributed by atoms with van der Waals surface area (Å²) in [4.78, 5) is 0. The van der Waals surface area contributed by atoms with Crippen molar-refractivity contribution in [2.45, 2.75) is 13.8 Å². The molecule has 4 heteroatoms. The van der Waals surface area contributed by atoms with Gasteiger partial charge in [0.05, 0.1) is 19.9 Å². The van der Waals surface area contributed by atoms with Crippen molar-refractivity contribution in [2.75, 3.05) is 37.9 Å². The number of benzene rings is 2. The quantitative estimate of drug-likeness (QED) is 0.762. The van der Waals surface area contributed by atoms with Crippen LogP contribution in [0.1, 0.15) is 11.1 Å². The maximum absolute atomic E-state index is 5.36. The molecule has 0 aliphatic carbocycles. The number of para-hydroxylation sites is 1. The van der Waals surface area contributed by atoms with Crippen molar-refractivity contribution in [3.63, 3.8) is 0 Å². The van der Waals surface area contributed by atoms with Gasteiger partial charge < -0.3 is 20.1 Å². The molecular formula is C18H24N2O2. The SMILES string of the molecule is COc1ccc(OC)c(NCCNc2c(C)cccc2C)c1. The molecule has 2 aromatic carbocycles. The average Bonchev–Trinajstić information content (AvgIpc) is 2.53. The zero-order chi connectivity index (χ0) is 15.9. The molecule has 0 heterocycles. The molecule has 22 heavy (non-hydrogen) atoms. The van der Waals surface area contributed by atoms with Crippen LogP contribution in [-0.2, 0) is 0 Å². The van der Waals surface area contributed by atoms with Gasteiger partial charge in [0.1, 0.15) is 11.5 Å². The maximum atomic E-state index is 5.36. The summed E-state index contributed by atoms with van der Waals surface area (Å²) in [5.41, 5.74) is 4.67. The number of hydrogen-bond acceptors (Lipinski definition) is 4. The Balaban J connectivity index is 1.94. The van der Waals surface area contributed by atoms with Gasteiger partial charge in [0.25, 0.3) is 0 Å². The zero-order valence-corrected chi connectivity index (χ0v) is 13.7. The van der Waals surface area contributed by atoms with Crippen molar-refractivity contribution in [1.82, 2.24) is 0 Å². The third kappa shape index (κ3) is 3.85. The topological polar surface area (TPSA) is 42.5 Å². The van der Waals surface area contributed by atoms with Gasteiger partial charge >= 0.3 is 0 Å². The third-order valence-corrected chi connectivity index (χ3v) is 3.63. The fourth-order valence-corrected chi connectivity index (χ4v) is 2.43. The third-order valence-electron chi connectivity index (χ3n) is 3.63. The lowest BCUT2D eigenvalue weighted by Crippen LogP contribution is -2.15. The summed E-state index contributed by atoms with van der Waals surface area (Å²) in [5.74, 6) is 1.62. The van der Waals surface area contributed by atoms with E-state index in [-0.39, 0.29) is 0 Å². The van der Waals surface area contributed by atoms with Crippen molar-refractivity contribution in [3.05, 3.63) is 47.5 Å². The predicted molar refractivity (Wildman–Crippen MR) is 92.4 cm³/mol. The summed E-state index contributed by atoms with van der Waals surface area (Å²) in [6.07, 6.45) is 0. The molecule has 0 spiro atoms. The van der Waals surface area contributed by atoms with Crippen LogP contribution in [0.15, 0.2) is 36.4 Å². The first kappa shape index (κ1) is 16.0. The minimum Gasteiger partial charge on any atom is -0.497 e. The smallest absolute Gasteiger partial charge is 0.142 e. The van der Waals surface area contributed by atoms with Crippen LogP contribution in [0, 0.1) is 13.8 Å². The second kappa shape index (κ2) is 7.59. The van der Waals surface area contributed by atoms with E-state index in [4.69, 9.17) is 9.47 Å². The first-order chi connectivity index (χ1) is 10.7. The van der Waals surface area contributed by atoms with Crippen molar-refractivity contribution < 1.29 is 9.47 Å². The Kier molecular flexibility index (Phi) is 5.53. The molecule has 0 radical (unpaired) electrons. The van der Waals surface area contributed by atoms with Crippen LogP contribution in [-0.4, -0.2) is 27.3 Å². The molecule has 2 aromatic rings. The van der Waals surface area contributed by atoms with Gasteiger partial charge in [-0.15, -0.1) is 0 Å². The van der Waals surface area contributed by atoms with Crippen LogP contribution in [0.5, 0.6) is 11.5 Å². The summed E-state index contributed by atoms with van der Waals surface area (Å²) in [7, 11) is 3.33. The van der Waals surface area contributed by atoms with Crippen molar-refractivity contribution in [2.24, 2.45) is 0 Å². The molecule has 0 aliphatic heterocycles. The number of methoxy groups -OCH3 is 2. The molecule has 0 unspecified atom stereocenters. The molecule has 0 bridgehead atoms. The monoisotopic (exact) mass is 300 g/mol. The van der Waals surface area contributed by atoms with Gasteiger partial charge in [0.2, 0.25) is 0 Å². The minimum atomic E-state index is 0.789. The highest BCUT2D eigenvalue weighted by molar-refractivity contribution is 5.60. The molecule has 0 saturated heterocycles. The summed E-state index contributed by atoms with van der Waals surface area (Å²) in [6, 6.07) is 12.0. The normalized spacial score (nSPS) is 10.2. The molecule has 0 aliphatic rings. The Morgan fingerprint density at radius 2 is 1.55 bits per heavy atom. The van der Waals surface area contributed by atoms with Gasteiger partial charge in [0.15, 0.2) is 0 Å². The van der Waals surface area contributed by atoms with E-state index in [0.717, 1.165) is 30.3 Å². The van der Waals surface area contributed by atoms with Gasteiger partial charge in [-0.05, 0) is 37.1 Å². The van der Waals surface area contributed by atoms with Crippen molar-refractivity contribution in [3.8, 4) is 11.5 Å². The Labute approximate surface area is 132 Å². The van der Waals surface area contributed by atoms with Crippen molar-refractivity contribution >= 4 is 11.4 Å². The van der Waals surface area contributed by atoms with E-state index in [9.17, 15) is 0 Å². The maximum Gasteiger partial charge on any atom is 0.142 e. The van der Waals surface area contributed by atoms with Crippen molar-refractivity contribution in [1.29, 1.82) is 0 Å². The number of aryl methyl sites for hydroxylation is 2. The van der Waals surface area contributed by atoms with E-state index >= 15 is 0 Å². The van der Waals surface area contributed by atoms with Gasteiger partial charge in [-0.3, -0.25) is 0 Å². The fraction of sp³-hybridized carbons (Fsp3) is 0.333. The van der Waals surface area contributed by atoms with Crippen LogP contribution in [0.2, 0.25) is 0 Å². The summed E-state index contributed by atoms with van der Waals surface area (Å²) in [6.45, 7) is 5.85. The van der Waals surface area contributed by atoms with Gasteiger partial charge in [-0.1, -0.05) is 18.2 Å². The van der Waals surface area contributed by atoms with Gasteiger partial charge in [-0.25, -0.2) is 0 Å². The number of nitrogens with one attached hydrogen (secondary N) is 2.